The van der Waals surface area contributed by atoms with Gasteiger partial charge in [0, 0.05) is 5.56 Å². The number of pyridine rings is 1. The summed E-state index contributed by atoms with van der Waals surface area (Å²) in [6.07, 6.45) is -4.38. The molecule has 0 bridgehead atoms. The van der Waals surface area contributed by atoms with Gasteiger partial charge < -0.3 is 4.74 Å². The average Bonchev–Trinajstić information content (AvgIpc) is 2.38. The minimum Gasteiger partial charge on any atom is -0.406 e. The number of hydrogen-bond donors (Lipinski definition) is 0. The van der Waals surface area contributed by atoms with E-state index in [-0.39, 0.29) is 11.3 Å². The van der Waals surface area contributed by atoms with Crippen molar-refractivity contribution >= 4 is 6.29 Å². The van der Waals surface area contributed by atoms with E-state index in [0.717, 1.165) is 12.1 Å². The van der Waals surface area contributed by atoms with Crippen LogP contribution in [-0.2, 0) is 0 Å². The maximum Gasteiger partial charge on any atom is 0.573 e. The first kappa shape index (κ1) is 14.0. The number of rotatable bonds is 3. The number of aromatic nitrogens is 1. The Labute approximate surface area is 110 Å². The molecule has 1 heterocycles. The topological polar surface area (TPSA) is 39.2 Å². The van der Waals surface area contributed by atoms with Crippen molar-refractivity contribution in [3.8, 4) is 16.9 Å². The van der Waals surface area contributed by atoms with E-state index in [1.165, 1.54) is 24.3 Å². The first-order chi connectivity index (χ1) is 9.39. The van der Waals surface area contributed by atoms with Crippen molar-refractivity contribution < 1.29 is 27.1 Å². The third kappa shape index (κ3) is 3.31. The quantitative estimate of drug-likeness (QED) is 0.491. The van der Waals surface area contributed by atoms with Gasteiger partial charge in [-0.25, -0.2) is 4.98 Å². The molecule has 2 rings (SSSR count). The Morgan fingerprint density at radius 1 is 1.05 bits per heavy atom. The molecule has 0 radical (unpaired) electrons. The molecule has 0 N–H and O–H groups in total. The van der Waals surface area contributed by atoms with Gasteiger partial charge in [-0.1, -0.05) is 12.1 Å². The monoisotopic (exact) mass is 285 g/mol. The van der Waals surface area contributed by atoms with E-state index in [1.807, 2.05) is 0 Å². The van der Waals surface area contributed by atoms with Crippen LogP contribution < -0.4 is 4.74 Å². The van der Waals surface area contributed by atoms with Crippen LogP contribution in [0.5, 0.6) is 5.75 Å². The number of ether oxygens (including phenoxy) is 1. The number of carbonyl (C=O) groups is 1. The normalized spacial score (nSPS) is 11.2. The fraction of sp³-hybridized carbons (Fsp3) is 0.0769. The standard InChI is InChI=1S/C13H7F4NO2/c14-12-11(6-3-9(7-19)18-12)8-1-4-10(5-2-8)20-13(15,16)17/h1-7H. The predicted octanol–water partition coefficient (Wildman–Crippen LogP) is 3.60. The lowest BCUT2D eigenvalue weighted by Crippen LogP contribution is -2.16. The maximum atomic E-state index is 13.6. The second-order valence-corrected chi connectivity index (χ2v) is 3.76. The molecule has 3 nitrogen and oxygen atoms in total. The highest BCUT2D eigenvalue weighted by Gasteiger charge is 2.30. The molecule has 0 unspecified atom stereocenters. The van der Waals surface area contributed by atoms with Crippen LogP contribution in [0.1, 0.15) is 10.5 Å². The van der Waals surface area contributed by atoms with E-state index in [0.29, 0.717) is 11.8 Å². The van der Waals surface area contributed by atoms with Gasteiger partial charge in [-0.05, 0) is 29.8 Å². The van der Waals surface area contributed by atoms with E-state index >= 15 is 0 Å². The third-order valence-electron chi connectivity index (χ3n) is 2.39. The molecule has 0 aliphatic heterocycles. The van der Waals surface area contributed by atoms with Crippen LogP contribution in [0.3, 0.4) is 0 Å². The Morgan fingerprint density at radius 2 is 1.70 bits per heavy atom. The van der Waals surface area contributed by atoms with Gasteiger partial charge in [0.2, 0.25) is 5.95 Å². The summed E-state index contributed by atoms with van der Waals surface area (Å²) in [5.41, 5.74) is 0.333. The van der Waals surface area contributed by atoms with Crippen molar-refractivity contribution in [3.63, 3.8) is 0 Å². The van der Waals surface area contributed by atoms with Gasteiger partial charge in [0.25, 0.3) is 0 Å². The lowest BCUT2D eigenvalue weighted by molar-refractivity contribution is -0.274. The lowest BCUT2D eigenvalue weighted by atomic mass is 10.1. The predicted molar refractivity (Wildman–Crippen MR) is 61.7 cm³/mol. The van der Waals surface area contributed by atoms with Crippen molar-refractivity contribution in [2.75, 3.05) is 0 Å². The minimum absolute atomic E-state index is 0.0664. The van der Waals surface area contributed by atoms with Crippen molar-refractivity contribution in [1.82, 2.24) is 4.98 Å². The highest BCUT2D eigenvalue weighted by molar-refractivity contribution is 5.73. The van der Waals surface area contributed by atoms with Crippen molar-refractivity contribution in [2.24, 2.45) is 0 Å². The van der Waals surface area contributed by atoms with E-state index in [9.17, 15) is 22.4 Å². The summed E-state index contributed by atoms with van der Waals surface area (Å²) in [6, 6.07) is 7.30. The van der Waals surface area contributed by atoms with Crippen molar-refractivity contribution in [2.45, 2.75) is 6.36 Å². The maximum absolute atomic E-state index is 13.6. The van der Waals surface area contributed by atoms with Crippen LogP contribution in [0.2, 0.25) is 0 Å². The zero-order valence-electron chi connectivity index (χ0n) is 9.82. The van der Waals surface area contributed by atoms with Crippen LogP contribution in [0.25, 0.3) is 11.1 Å². The summed E-state index contributed by atoms with van der Waals surface area (Å²) >= 11 is 0. The summed E-state index contributed by atoms with van der Waals surface area (Å²) in [5, 5.41) is 0. The molecule has 0 spiro atoms. The molecule has 20 heavy (non-hydrogen) atoms. The molecule has 0 fully saturated rings. The van der Waals surface area contributed by atoms with Gasteiger partial charge in [0.1, 0.15) is 11.4 Å². The van der Waals surface area contributed by atoms with Gasteiger partial charge in [-0.3, -0.25) is 4.79 Å². The molecule has 7 heteroatoms. The smallest absolute Gasteiger partial charge is 0.406 e. The highest BCUT2D eigenvalue weighted by Crippen LogP contribution is 2.27. The van der Waals surface area contributed by atoms with Gasteiger partial charge in [0.15, 0.2) is 6.29 Å². The second kappa shape index (κ2) is 5.28. The van der Waals surface area contributed by atoms with Crippen molar-refractivity contribution in [3.05, 3.63) is 48.0 Å². The summed E-state index contributed by atoms with van der Waals surface area (Å²) in [5.74, 6) is -1.28. The zero-order valence-corrected chi connectivity index (χ0v) is 9.82. The number of nitrogens with zero attached hydrogens (tertiary/aromatic N) is 1. The van der Waals surface area contributed by atoms with Crippen molar-refractivity contribution in [1.29, 1.82) is 0 Å². The lowest BCUT2D eigenvalue weighted by Gasteiger charge is -2.09. The largest absolute Gasteiger partial charge is 0.573 e. The third-order valence-corrected chi connectivity index (χ3v) is 2.39. The first-order valence-electron chi connectivity index (χ1n) is 5.37. The summed E-state index contributed by atoms with van der Waals surface area (Å²) < 4.78 is 53.3. The van der Waals surface area contributed by atoms with Gasteiger partial charge in [-0.15, -0.1) is 13.2 Å². The Hall–Kier alpha value is -2.44. The zero-order chi connectivity index (χ0) is 14.8. The molecule has 1 aromatic heterocycles. The fourth-order valence-electron chi connectivity index (χ4n) is 1.57. The van der Waals surface area contributed by atoms with Crippen LogP contribution in [0.15, 0.2) is 36.4 Å². The molecule has 0 atom stereocenters. The SMILES string of the molecule is O=Cc1ccc(-c2ccc(OC(F)(F)F)cc2)c(F)n1. The van der Waals surface area contributed by atoms with Gasteiger partial charge in [0.05, 0.1) is 0 Å². The number of hydrogen-bond acceptors (Lipinski definition) is 3. The molecule has 0 aliphatic rings. The molecule has 2 aromatic rings. The average molecular weight is 285 g/mol. The fourth-order valence-corrected chi connectivity index (χ4v) is 1.57. The van der Waals surface area contributed by atoms with Gasteiger partial charge in [-0.2, -0.15) is 4.39 Å². The number of aldehydes is 1. The van der Waals surface area contributed by atoms with Gasteiger partial charge >= 0.3 is 6.36 Å². The molecular formula is C13H7F4NO2. The molecule has 0 saturated heterocycles. The summed E-state index contributed by atoms with van der Waals surface area (Å²) in [7, 11) is 0. The number of halogens is 4. The molecular weight excluding hydrogens is 278 g/mol. The molecule has 0 aliphatic carbocycles. The Balaban J connectivity index is 2.28. The highest BCUT2D eigenvalue weighted by atomic mass is 19.4. The number of carbonyl (C=O) groups excluding carboxylic acids is 1. The molecule has 1 aromatic carbocycles. The number of alkyl halides is 3. The van der Waals surface area contributed by atoms with Crippen LogP contribution in [0, 0.1) is 5.95 Å². The molecule has 104 valence electrons. The second-order valence-electron chi connectivity index (χ2n) is 3.76. The van der Waals surface area contributed by atoms with Crippen LogP contribution in [-0.4, -0.2) is 17.6 Å². The van der Waals surface area contributed by atoms with E-state index in [4.69, 9.17) is 0 Å². The molecule has 0 amide bonds. The number of benzene rings is 1. The Morgan fingerprint density at radius 3 is 2.20 bits per heavy atom. The van der Waals surface area contributed by atoms with Crippen LogP contribution >= 0.6 is 0 Å². The minimum atomic E-state index is -4.78. The summed E-state index contributed by atoms with van der Waals surface area (Å²) in [4.78, 5) is 13.8. The van der Waals surface area contributed by atoms with E-state index in [2.05, 4.69) is 9.72 Å². The van der Waals surface area contributed by atoms with Crippen LogP contribution in [0.4, 0.5) is 17.6 Å². The summed E-state index contributed by atoms with van der Waals surface area (Å²) in [6.45, 7) is 0. The Bertz CT molecular complexity index is 623. The molecule has 0 saturated carbocycles. The van der Waals surface area contributed by atoms with E-state index < -0.39 is 18.1 Å². The Kier molecular flexibility index (Phi) is 3.69. The first-order valence-corrected chi connectivity index (χ1v) is 5.37. The van der Waals surface area contributed by atoms with E-state index in [1.54, 1.807) is 0 Å².